The van der Waals surface area contributed by atoms with E-state index in [9.17, 15) is 4.79 Å². The van der Waals surface area contributed by atoms with Gasteiger partial charge in [-0.25, -0.2) is 10.2 Å². The van der Waals surface area contributed by atoms with Gasteiger partial charge in [-0.3, -0.25) is 0 Å². The molecule has 0 radical (unpaired) electrons. The van der Waals surface area contributed by atoms with Crippen molar-refractivity contribution in [2.75, 3.05) is 7.11 Å². The molecule has 0 saturated heterocycles. The van der Waals surface area contributed by atoms with Crippen molar-refractivity contribution in [3.05, 3.63) is 41.5 Å². The van der Waals surface area contributed by atoms with Gasteiger partial charge >= 0.3 is 6.09 Å². The van der Waals surface area contributed by atoms with E-state index in [1.807, 2.05) is 43.3 Å². The summed E-state index contributed by atoms with van der Waals surface area (Å²) in [5.74, 6) is 0. The van der Waals surface area contributed by atoms with Crippen molar-refractivity contribution in [1.29, 1.82) is 0 Å². The number of carbonyl (C=O) groups excluding carboxylic acids is 1. The maximum Gasteiger partial charge on any atom is 0.427 e. The van der Waals surface area contributed by atoms with E-state index in [-0.39, 0.29) is 0 Å². The van der Waals surface area contributed by atoms with Crippen molar-refractivity contribution >= 4 is 18.4 Å². The molecule has 1 rings (SSSR count). The number of carbonyl (C=O) groups is 1. The Hall–Kier alpha value is -2.10. The van der Waals surface area contributed by atoms with Gasteiger partial charge in [-0.05, 0) is 18.1 Å². The molecule has 0 heterocycles. The summed E-state index contributed by atoms with van der Waals surface area (Å²) in [6, 6.07) is 9.86. The number of ether oxygens (including phenoxy) is 1. The minimum absolute atomic E-state index is 0.580. The molecule has 0 atom stereocenters. The predicted molar refractivity (Wildman–Crippen MR) is 64.1 cm³/mol. The molecule has 0 aliphatic heterocycles. The van der Waals surface area contributed by atoms with Gasteiger partial charge < -0.3 is 4.74 Å². The second kappa shape index (κ2) is 6.40. The Morgan fingerprint density at radius 2 is 2.06 bits per heavy atom. The van der Waals surface area contributed by atoms with Crippen LogP contribution in [0.25, 0.3) is 6.08 Å². The molecule has 0 bridgehead atoms. The molecular weight excluding hydrogens is 204 g/mol. The van der Waals surface area contributed by atoms with Gasteiger partial charge in [-0.1, -0.05) is 36.4 Å². The normalized spacial score (nSPS) is 11.5. The van der Waals surface area contributed by atoms with E-state index in [1.165, 1.54) is 7.11 Å². The van der Waals surface area contributed by atoms with E-state index < -0.39 is 6.09 Å². The van der Waals surface area contributed by atoms with Gasteiger partial charge in [0.2, 0.25) is 0 Å². The Morgan fingerprint density at radius 3 is 2.69 bits per heavy atom. The van der Waals surface area contributed by atoms with Gasteiger partial charge in [0.1, 0.15) is 0 Å². The first kappa shape index (κ1) is 12.0. The van der Waals surface area contributed by atoms with Crippen molar-refractivity contribution in [2.45, 2.75) is 6.92 Å². The van der Waals surface area contributed by atoms with Crippen molar-refractivity contribution in [3.63, 3.8) is 0 Å². The molecular formula is C12H14N2O2. The first-order valence-electron chi connectivity index (χ1n) is 4.83. The van der Waals surface area contributed by atoms with Crippen LogP contribution in [0.1, 0.15) is 12.5 Å². The molecule has 0 saturated carbocycles. The third kappa shape index (κ3) is 4.41. The molecule has 0 aromatic heterocycles. The van der Waals surface area contributed by atoms with Gasteiger partial charge in [0.25, 0.3) is 0 Å². The van der Waals surface area contributed by atoms with Crippen LogP contribution in [0.2, 0.25) is 0 Å². The van der Waals surface area contributed by atoms with Crippen molar-refractivity contribution in [3.8, 4) is 0 Å². The highest BCUT2D eigenvalue weighted by atomic mass is 16.5. The van der Waals surface area contributed by atoms with Crippen LogP contribution in [-0.2, 0) is 4.74 Å². The van der Waals surface area contributed by atoms with Crippen LogP contribution >= 0.6 is 0 Å². The minimum atomic E-state index is -0.580. The lowest BCUT2D eigenvalue weighted by atomic mass is 10.1. The zero-order valence-electron chi connectivity index (χ0n) is 9.31. The van der Waals surface area contributed by atoms with Gasteiger partial charge in [-0.2, -0.15) is 5.10 Å². The number of hydrazone groups is 1. The number of allylic oxidation sites excluding steroid dienone is 1. The minimum Gasteiger partial charge on any atom is -0.452 e. The van der Waals surface area contributed by atoms with Crippen LogP contribution < -0.4 is 5.43 Å². The highest BCUT2D eigenvalue weighted by molar-refractivity contribution is 5.85. The molecule has 1 aromatic rings. The van der Waals surface area contributed by atoms with Crippen LogP contribution in [0.5, 0.6) is 0 Å². The summed E-state index contributed by atoms with van der Waals surface area (Å²) >= 11 is 0. The number of amides is 1. The Morgan fingerprint density at radius 1 is 1.38 bits per heavy atom. The van der Waals surface area contributed by atoms with Gasteiger partial charge in [0.15, 0.2) is 0 Å². The van der Waals surface area contributed by atoms with Crippen LogP contribution in [0.15, 0.2) is 41.0 Å². The first-order valence-corrected chi connectivity index (χ1v) is 4.83. The van der Waals surface area contributed by atoms with Crippen LogP contribution in [-0.4, -0.2) is 19.4 Å². The Kier molecular flexibility index (Phi) is 4.79. The number of nitrogens with zero attached hydrogens (tertiary/aromatic N) is 1. The quantitative estimate of drug-likeness (QED) is 0.625. The topological polar surface area (TPSA) is 50.7 Å². The lowest BCUT2D eigenvalue weighted by Gasteiger charge is -1.96. The molecule has 0 aliphatic rings. The maximum absolute atomic E-state index is 10.7. The molecule has 1 N–H and O–H groups in total. The van der Waals surface area contributed by atoms with E-state index in [2.05, 4.69) is 15.3 Å². The fourth-order valence-corrected chi connectivity index (χ4v) is 1.08. The van der Waals surface area contributed by atoms with Crippen molar-refractivity contribution in [2.24, 2.45) is 5.10 Å². The summed E-state index contributed by atoms with van der Waals surface area (Å²) in [6.45, 7) is 1.90. The third-order valence-electron chi connectivity index (χ3n) is 1.80. The molecule has 1 amide bonds. The molecule has 0 spiro atoms. The summed E-state index contributed by atoms with van der Waals surface area (Å²) in [5, 5.41) is 3.72. The van der Waals surface area contributed by atoms with Gasteiger partial charge in [0, 0.05) is 0 Å². The van der Waals surface area contributed by atoms with Crippen LogP contribution in [0.3, 0.4) is 0 Å². The zero-order valence-corrected chi connectivity index (χ0v) is 9.31. The molecule has 0 unspecified atom stereocenters. The van der Waals surface area contributed by atoms with Crippen LogP contribution in [0.4, 0.5) is 4.79 Å². The summed E-state index contributed by atoms with van der Waals surface area (Å²) in [5.41, 5.74) is 4.24. The predicted octanol–water partition coefficient (Wildman–Crippen LogP) is 2.43. The van der Waals surface area contributed by atoms with E-state index in [4.69, 9.17) is 0 Å². The lowest BCUT2D eigenvalue weighted by Crippen LogP contribution is -2.16. The average Bonchev–Trinajstić information content (AvgIpc) is 2.30. The number of hydrogen-bond acceptors (Lipinski definition) is 3. The zero-order chi connectivity index (χ0) is 11.8. The van der Waals surface area contributed by atoms with E-state index in [1.54, 1.807) is 6.21 Å². The van der Waals surface area contributed by atoms with E-state index in [0.29, 0.717) is 0 Å². The monoisotopic (exact) mass is 218 g/mol. The average molecular weight is 218 g/mol. The molecule has 1 aromatic carbocycles. The fraction of sp³-hybridized carbons (Fsp3) is 0.167. The molecule has 16 heavy (non-hydrogen) atoms. The fourth-order valence-electron chi connectivity index (χ4n) is 1.08. The molecule has 4 heteroatoms. The second-order valence-corrected chi connectivity index (χ2v) is 3.16. The number of benzene rings is 1. The summed E-state index contributed by atoms with van der Waals surface area (Å²) in [7, 11) is 1.29. The third-order valence-corrected chi connectivity index (χ3v) is 1.80. The standard InChI is InChI=1S/C12H14N2O2/c1-10(9-13-14-12(15)16-2)8-11-6-4-3-5-7-11/h3-9H,1-2H3,(H,14,15). The number of methoxy groups -OCH3 is 1. The molecule has 84 valence electrons. The molecule has 0 aliphatic carbocycles. The highest BCUT2D eigenvalue weighted by Gasteiger charge is 1.92. The second-order valence-electron chi connectivity index (χ2n) is 3.16. The summed E-state index contributed by atoms with van der Waals surface area (Å²) < 4.78 is 4.37. The smallest absolute Gasteiger partial charge is 0.427 e. The molecule has 4 nitrogen and oxygen atoms in total. The summed E-state index contributed by atoms with van der Waals surface area (Å²) in [4.78, 5) is 10.7. The Labute approximate surface area is 94.6 Å². The largest absolute Gasteiger partial charge is 0.452 e. The van der Waals surface area contributed by atoms with Gasteiger partial charge in [-0.15, -0.1) is 0 Å². The van der Waals surface area contributed by atoms with Gasteiger partial charge in [0.05, 0.1) is 13.3 Å². The van der Waals surface area contributed by atoms with Crippen LogP contribution in [0, 0.1) is 0 Å². The maximum atomic E-state index is 10.7. The number of nitrogens with one attached hydrogen (secondary N) is 1. The van der Waals surface area contributed by atoms with E-state index in [0.717, 1.165) is 11.1 Å². The lowest BCUT2D eigenvalue weighted by molar-refractivity contribution is 0.171. The Bertz CT molecular complexity index is 397. The molecule has 0 fully saturated rings. The van der Waals surface area contributed by atoms with Crippen molar-refractivity contribution in [1.82, 2.24) is 5.43 Å². The highest BCUT2D eigenvalue weighted by Crippen LogP contribution is 2.04. The number of rotatable bonds is 3. The SMILES string of the molecule is COC(=O)NN=CC(C)=Cc1ccccc1. The first-order chi connectivity index (χ1) is 7.72. The van der Waals surface area contributed by atoms with Crippen molar-refractivity contribution < 1.29 is 9.53 Å². The summed E-state index contributed by atoms with van der Waals surface area (Å²) in [6.07, 6.45) is 2.94. The van der Waals surface area contributed by atoms with E-state index >= 15 is 0 Å². The number of hydrogen-bond donors (Lipinski definition) is 1. The Balaban J connectivity index is 2.55.